The fraction of sp³-hybridized carbons (Fsp3) is 0.867. The summed E-state index contributed by atoms with van der Waals surface area (Å²) in [6.07, 6.45) is 3.91. The van der Waals surface area contributed by atoms with Gasteiger partial charge in [-0.15, -0.1) is 0 Å². The maximum Gasteiger partial charge on any atom is 0.241 e. The topological polar surface area (TPSA) is 9.23 Å². The van der Waals surface area contributed by atoms with E-state index in [2.05, 4.69) is 47.3 Å². The molecular formula is C15H30OSi. The van der Waals surface area contributed by atoms with Crippen LogP contribution in [0.15, 0.2) is 11.3 Å². The molecule has 0 saturated carbocycles. The Morgan fingerprint density at radius 1 is 1.12 bits per heavy atom. The molecule has 0 radical (unpaired) electrons. The van der Waals surface area contributed by atoms with Crippen molar-refractivity contribution >= 4 is 8.32 Å². The maximum atomic E-state index is 6.44. The Hall–Kier alpha value is -0.243. The van der Waals surface area contributed by atoms with E-state index in [1.54, 1.807) is 5.57 Å². The van der Waals surface area contributed by atoms with Crippen LogP contribution in [0.3, 0.4) is 0 Å². The molecule has 0 aliphatic heterocycles. The quantitative estimate of drug-likeness (QED) is 0.626. The minimum Gasteiger partial charge on any atom is -0.547 e. The molecule has 1 rings (SSSR count). The summed E-state index contributed by atoms with van der Waals surface area (Å²) in [6.45, 7) is 16.2. The van der Waals surface area contributed by atoms with Gasteiger partial charge in [-0.05, 0) is 56.3 Å². The molecule has 100 valence electrons. The Balaban J connectivity index is 3.06. The van der Waals surface area contributed by atoms with Crippen LogP contribution in [0.25, 0.3) is 0 Å². The molecule has 1 atom stereocenters. The lowest BCUT2D eigenvalue weighted by molar-refractivity contribution is 0.248. The predicted molar refractivity (Wildman–Crippen MR) is 78.5 cm³/mol. The van der Waals surface area contributed by atoms with E-state index in [0.717, 1.165) is 0 Å². The van der Waals surface area contributed by atoms with E-state index >= 15 is 0 Å². The Labute approximate surface area is 109 Å². The maximum absolute atomic E-state index is 6.44. The molecule has 0 N–H and O–H groups in total. The zero-order valence-electron chi connectivity index (χ0n) is 12.8. The number of hydrogen-bond acceptors (Lipinski definition) is 1. The van der Waals surface area contributed by atoms with Crippen LogP contribution in [-0.4, -0.2) is 8.32 Å². The highest BCUT2D eigenvalue weighted by atomic mass is 28.4. The molecule has 0 aromatic heterocycles. The van der Waals surface area contributed by atoms with Gasteiger partial charge in [0.15, 0.2) is 0 Å². The van der Waals surface area contributed by atoms with Gasteiger partial charge in [0.1, 0.15) is 0 Å². The van der Waals surface area contributed by atoms with Crippen molar-refractivity contribution in [3.05, 3.63) is 11.3 Å². The minimum absolute atomic E-state index is 0.642. The molecule has 1 aliphatic carbocycles. The van der Waals surface area contributed by atoms with Crippen molar-refractivity contribution < 1.29 is 4.43 Å². The fourth-order valence-electron chi connectivity index (χ4n) is 2.69. The SMILES string of the molecule is CC(C)C1=C(O[Si](C)(C)C)[C@@H](C(C)C)CCC1. The molecule has 0 fully saturated rings. The second-order valence-corrected chi connectivity index (χ2v) is 11.4. The van der Waals surface area contributed by atoms with Crippen LogP contribution in [0.1, 0.15) is 47.0 Å². The van der Waals surface area contributed by atoms with E-state index in [9.17, 15) is 0 Å². The number of allylic oxidation sites excluding steroid dienone is 2. The molecule has 1 nitrogen and oxygen atoms in total. The molecule has 0 amide bonds. The lowest BCUT2D eigenvalue weighted by Crippen LogP contribution is -2.31. The Morgan fingerprint density at radius 2 is 1.71 bits per heavy atom. The zero-order valence-corrected chi connectivity index (χ0v) is 13.8. The van der Waals surface area contributed by atoms with Crippen molar-refractivity contribution in [2.24, 2.45) is 17.8 Å². The van der Waals surface area contributed by atoms with Crippen LogP contribution in [-0.2, 0) is 4.43 Å². The van der Waals surface area contributed by atoms with E-state index in [0.29, 0.717) is 17.8 Å². The van der Waals surface area contributed by atoms with E-state index in [-0.39, 0.29) is 0 Å². The van der Waals surface area contributed by atoms with Crippen molar-refractivity contribution in [2.45, 2.75) is 66.6 Å². The minimum atomic E-state index is -1.48. The molecule has 0 heterocycles. The average molecular weight is 254 g/mol. The first kappa shape index (κ1) is 14.8. The summed E-state index contributed by atoms with van der Waals surface area (Å²) in [4.78, 5) is 0. The van der Waals surface area contributed by atoms with Gasteiger partial charge in [0.25, 0.3) is 0 Å². The second-order valence-electron chi connectivity index (χ2n) is 7.00. The number of rotatable bonds is 4. The average Bonchev–Trinajstić information content (AvgIpc) is 2.14. The van der Waals surface area contributed by atoms with E-state index in [4.69, 9.17) is 4.43 Å². The third-order valence-corrected chi connectivity index (χ3v) is 4.36. The van der Waals surface area contributed by atoms with Crippen molar-refractivity contribution in [1.29, 1.82) is 0 Å². The van der Waals surface area contributed by atoms with E-state index in [1.807, 2.05) is 0 Å². The monoisotopic (exact) mass is 254 g/mol. The predicted octanol–water partition coefficient (Wildman–Crippen LogP) is 5.20. The van der Waals surface area contributed by atoms with Crippen molar-refractivity contribution in [3.8, 4) is 0 Å². The molecule has 17 heavy (non-hydrogen) atoms. The van der Waals surface area contributed by atoms with Gasteiger partial charge in [0, 0.05) is 5.92 Å². The lowest BCUT2D eigenvalue weighted by Gasteiger charge is -2.36. The molecule has 0 unspecified atom stereocenters. The molecule has 2 heteroatoms. The standard InChI is InChI=1S/C15H30OSi/c1-11(2)13-9-8-10-14(12(3)4)15(13)16-17(5,6)7/h11-13H,8-10H2,1-7H3/t13-/m1/s1. The highest BCUT2D eigenvalue weighted by molar-refractivity contribution is 6.70. The third-order valence-electron chi connectivity index (χ3n) is 3.53. The van der Waals surface area contributed by atoms with Crippen LogP contribution in [0.4, 0.5) is 0 Å². The van der Waals surface area contributed by atoms with Gasteiger partial charge in [-0.25, -0.2) is 0 Å². The van der Waals surface area contributed by atoms with Crippen molar-refractivity contribution in [3.63, 3.8) is 0 Å². The smallest absolute Gasteiger partial charge is 0.241 e. The summed E-state index contributed by atoms with van der Waals surface area (Å²) in [7, 11) is -1.48. The first-order chi connectivity index (χ1) is 7.72. The largest absolute Gasteiger partial charge is 0.547 e. The van der Waals surface area contributed by atoms with Gasteiger partial charge >= 0.3 is 0 Å². The van der Waals surface area contributed by atoms with Crippen molar-refractivity contribution in [1.82, 2.24) is 0 Å². The van der Waals surface area contributed by atoms with Gasteiger partial charge < -0.3 is 4.43 Å². The summed E-state index contributed by atoms with van der Waals surface area (Å²) < 4.78 is 6.44. The van der Waals surface area contributed by atoms with Gasteiger partial charge in [0.2, 0.25) is 8.32 Å². The highest BCUT2D eigenvalue weighted by Gasteiger charge is 2.31. The Bertz CT molecular complexity index is 284. The molecule has 0 saturated heterocycles. The summed E-state index contributed by atoms with van der Waals surface area (Å²) >= 11 is 0. The summed E-state index contributed by atoms with van der Waals surface area (Å²) in [6, 6.07) is 0. The fourth-order valence-corrected chi connectivity index (χ4v) is 3.63. The molecule has 0 bridgehead atoms. The summed E-state index contributed by atoms with van der Waals surface area (Å²) in [5, 5.41) is 0. The van der Waals surface area contributed by atoms with E-state index < -0.39 is 8.32 Å². The molecule has 0 spiro atoms. The third kappa shape index (κ3) is 4.17. The van der Waals surface area contributed by atoms with E-state index in [1.165, 1.54) is 25.0 Å². The van der Waals surface area contributed by atoms with Crippen molar-refractivity contribution in [2.75, 3.05) is 0 Å². The first-order valence-electron chi connectivity index (χ1n) is 7.14. The Kier molecular flexibility index (Phi) is 4.88. The first-order valence-corrected chi connectivity index (χ1v) is 10.5. The summed E-state index contributed by atoms with van der Waals surface area (Å²) in [5.41, 5.74) is 1.59. The van der Waals surface area contributed by atoms with Gasteiger partial charge in [-0.3, -0.25) is 0 Å². The molecular weight excluding hydrogens is 224 g/mol. The zero-order chi connectivity index (χ0) is 13.2. The molecule has 1 aliphatic rings. The van der Waals surface area contributed by atoms with Gasteiger partial charge in [-0.2, -0.15) is 0 Å². The highest BCUT2D eigenvalue weighted by Crippen LogP contribution is 2.39. The Morgan fingerprint density at radius 3 is 2.12 bits per heavy atom. The molecule has 0 aromatic carbocycles. The van der Waals surface area contributed by atoms with Gasteiger partial charge in [0.05, 0.1) is 5.76 Å². The second kappa shape index (κ2) is 5.60. The molecule has 0 aromatic rings. The van der Waals surface area contributed by atoms with Crippen LogP contribution >= 0.6 is 0 Å². The van der Waals surface area contributed by atoms with Gasteiger partial charge in [-0.1, -0.05) is 27.7 Å². The van der Waals surface area contributed by atoms with Crippen LogP contribution in [0.2, 0.25) is 19.6 Å². The number of hydrogen-bond donors (Lipinski definition) is 0. The normalized spacial score (nSPS) is 22.5. The van der Waals surface area contributed by atoms with Crippen LogP contribution in [0, 0.1) is 17.8 Å². The lowest BCUT2D eigenvalue weighted by atomic mass is 9.79. The summed E-state index contributed by atoms with van der Waals surface area (Å²) in [5.74, 6) is 3.38. The van der Waals surface area contributed by atoms with Crippen LogP contribution in [0.5, 0.6) is 0 Å². The van der Waals surface area contributed by atoms with Crippen LogP contribution < -0.4 is 0 Å².